The Kier molecular flexibility index (Phi) is 8.68. The van der Waals surface area contributed by atoms with Crippen molar-refractivity contribution in [2.75, 3.05) is 40.3 Å². The van der Waals surface area contributed by atoms with Crippen LogP contribution in [0.15, 0.2) is 96.0 Å². The Morgan fingerprint density at radius 1 is 0.841 bits per heavy atom. The Morgan fingerprint density at radius 3 is 1.95 bits per heavy atom. The predicted octanol–water partition coefficient (Wildman–Crippen LogP) is 5.66. The van der Waals surface area contributed by atoms with Gasteiger partial charge in [-0.3, -0.25) is 0 Å². The van der Waals surface area contributed by atoms with Crippen molar-refractivity contribution in [1.82, 2.24) is 10.3 Å². The largest absolute Gasteiger partial charge is 0.497 e. The van der Waals surface area contributed by atoms with Crippen LogP contribution in [0.2, 0.25) is 0 Å². The van der Waals surface area contributed by atoms with Gasteiger partial charge in [-0.05, 0) is 53.1 Å². The molecule has 0 amide bonds. The van der Waals surface area contributed by atoms with Crippen LogP contribution in [-0.2, 0) is 20.6 Å². The Bertz CT molecular complexity index is 1550. The van der Waals surface area contributed by atoms with Gasteiger partial charge in [0.2, 0.25) is 0 Å². The molecule has 1 aromatic heterocycles. The van der Waals surface area contributed by atoms with Crippen LogP contribution in [0, 0.1) is 5.82 Å². The monoisotopic (exact) mass is 606 g/mol. The summed E-state index contributed by atoms with van der Waals surface area (Å²) in [6.07, 6.45) is -0.401. The molecule has 0 saturated carbocycles. The molecule has 0 bridgehead atoms. The summed E-state index contributed by atoms with van der Waals surface area (Å²) < 4.78 is 68.9. The van der Waals surface area contributed by atoms with Crippen molar-refractivity contribution in [2.24, 2.45) is 4.99 Å². The third-order valence-electron chi connectivity index (χ3n) is 7.76. The van der Waals surface area contributed by atoms with Gasteiger partial charge in [-0.2, -0.15) is 8.78 Å². The minimum absolute atomic E-state index is 0.125. The molecule has 0 radical (unpaired) electrons. The van der Waals surface area contributed by atoms with E-state index in [1.165, 1.54) is 13.2 Å². The number of alkyl halides is 2. The molecule has 11 heteroatoms. The standard InChI is InChI=1S/C33H33F3N4O4/c1-41-20-19-31(29-27(34)17-18-28(37)38-29)32(35,36)21-44-30(39-31)40-33(22-7-5-4-6-8-22,23-9-13-25(42-2)14-10-23)24-11-15-26(43-3)16-12-24/h4-18H,19-21H2,1-3H3,(H2,37,38)(H,39,40)/t31-/m1/s1. The quantitative estimate of drug-likeness (QED) is 0.225. The van der Waals surface area contributed by atoms with E-state index in [1.807, 2.05) is 54.6 Å². The maximum absolute atomic E-state index is 16.0. The topological polar surface area (TPSA) is 100 Å². The van der Waals surface area contributed by atoms with Crippen molar-refractivity contribution in [3.8, 4) is 11.5 Å². The first-order valence-electron chi connectivity index (χ1n) is 13.8. The van der Waals surface area contributed by atoms with E-state index < -0.39 is 41.5 Å². The molecule has 2 heterocycles. The van der Waals surface area contributed by atoms with E-state index in [9.17, 15) is 0 Å². The van der Waals surface area contributed by atoms with Gasteiger partial charge >= 0.3 is 5.92 Å². The van der Waals surface area contributed by atoms with E-state index in [0.29, 0.717) is 22.6 Å². The maximum Gasteiger partial charge on any atom is 0.312 e. The van der Waals surface area contributed by atoms with Gasteiger partial charge in [0.1, 0.15) is 34.4 Å². The number of halogens is 3. The third-order valence-corrected chi connectivity index (χ3v) is 7.76. The van der Waals surface area contributed by atoms with Crippen LogP contribution in [0.5, 0.6) is 11.5 Å². The lowest BCUT2D eigenvalue weighted by atomic mass is 9.77. The number of anilines is 1. The Balaban J connectivity index is 1.78. The molecule has 1 aliphatic rings. The number of aliphatic imine (C=N–C) groups is 1. The first-order valence-corrected chi connectivity index (χ1v) is 13.8. The van der Waals surface area contributed by atoms with Gasteiger partial charge in [0.15, 0.2) is 12.1 Å². The van der Waals surface area contributed by atoms with E-state index in [2.05, 4.69) is 15.3 Å². The number of nitrogens with two attached hydrogens (primary N) is 1. The minimum atomic E-state index is -3.67. The van der Waals surface area contributed by atoms with Crippen LogP contribution in [0.3, 0.4) is 0 Å². The minimum Gasteiger partial charge on any atom is -0.497 e. The number of pyridine rings is 1. The van der Waals surface area contributed by atoms with Crippen LogP contribution in [0.4, 0.5) is 19.0 Å². The number of aromatic nitrogens is 1. The number of rotatable bonds is 10. The number of hydrogen-bond donors (Lipinski definition) is 2. The SMILES string of the molecule is COCC[C@]1(c2nc(N)ccc2F)N=C(NC(c2ccccc2)(c2ccc(OC)cc2)c2ccc(OC)cc2)OCC1(F)F. The predicted molar refractivity (Wildman–Crippen MR) is 161 cm³/mol. The molecule has 0 fully saturated rings. The Morgan fingerprint density at radius 2 is 1.41 bits per heavy atom. The molecule has 0 spiro atoms. The number of amidine groups is 1. The van der Waals surface area contributed by atoms with Gasteiger partial charge in [-0.1, -0.05) is 54.6 Å². The van der Waals surface area contributed by atoms with Gasteiger partial charge < -0.3 is 30.0 Å². The maximum atomic E-state index is 16.0. The highest BCUT2D eigenvalue weighted by Gasteiger charge is 2.61. The second-order valence-corrected chi connectivity index (χ2v) is 10.3. The van der Waals surface area contributed by atoms with Gasteiger partial charge in [0, 0.05) is 20.1 Å². The van der Waals surface area contributed by atoms with Gasteiger partial charge in [0.05, 0.1) is 14.2 Å². The molecule has 230 valence electrons. The highest BCUT2D eigenvalue weighted by Crippen LogP contribution is 2.48. The van der Waals surface area contributed by atoms with Crippen LogP contribution in [-0.4, -0.2) is 51.5 Å². The first-order chi connectivity index (χ1) is 21.2. The van der Waals surface area contributed by atoms with Gasteiger partial charge in [-0.15, -0.1) is 0 Å². The van der Waals surface area contributed by atoms with Crippen molar-refractivity contribution >= 4 is 11.8 Å². The third kappa shape index (κ3) is 5.50. The lowest BCUT2D eigenvalue weighted by Crippen LogP contribution is -2.57. The summed E-state index contributed by atoms with van der Waals surface area (Å²) in [5, 5.41) is 3.36. The molecule has 3 N–H and O–H groups in total. The molecule has 4 aromatic rings. The molecule has 8 nitrogen and oxygen atoms in total. The molecule has 1 atom stereocenters. The average Bonchev–Trinajstić information content (AvgIpc) is 3.05. The summed E-state index contributed by atoms with van der Waals surface area (Å²) in [7, 11) is 4.50. The molecular weight excluding hydrogens is 573 g/mol. The molecule has 3 aromatic carbocycles. The fraction of sp³-hybridized carbons (Fsp3) is 0.273. The Hall–Kier alpha value is -4.77. The van der Waals surface area contributed by atoms with Crippen molar-refractivity contribution < 1.29 is 32.1 Å². The summed E-state index contributed by atoms with van der Waals surface area (Å²) in [6, 6.07) is 26.0. The molecule has 1 aliphatic heterocycles. The smallest absolute Gasteiger partial charge is 0.312 e. The molecule has 0 unspecified atom stereocenters. The molecule has 44 heavy (non-hydrogen) atoms. The zero-order chi connectivity index (χ0) is 31.4. The normalized spacial score (nSPS) is 17.7. The van der Waals surface area contributed by atoms with Crippen LogP contribution in [0.1, 0.15) is 28.8 Å². The average molecular weight is 607 g/mol. The number of nitrogens with one attached hydrogen (secondary N) is 1. The summed E-state index contributed by atoms with van der Waals surface area (Å²) in [5.41, 5.74) is 3.70. The fourth-order valence-corrected chi connectivity index (χ4v) is 5.46. The summed E-state index contributed by atoms with van der Waals surface area (Å²) in [5.74, 6) is -3.52. The lowest BCUT2D eigenvalue weighted by molar-refractivity contribution is -0.132. The summed E-state index contributed by atoms with van der Waals surface area (Å²) >= 11 is 0. The summed E-state index contributed by atoms with van der Waals surface area (Å²) in [4.78, 5) is 8.46. The lowest BCUT2D eigenvalue weighted by Gasteiger charge is -2.43. The highest BCUT2D eigenvalue weighted by molar-refractivity contribution is 5.79. The number of hydrogen-bond acceptors (Lipinski definition) is 8. The second kappa shape index (κ2) is 12.5. The zero-order valence-electron chi connectivity index (χ0n) is 24.5. The van der Waals surface area contributed by atoms with Crippen LogP contribution in [0.25, 0.3) is 0 Å². The van der Waals surface area contributed by atoms with E-state index in [1.54, 1.807) is 38.5 Å². The van der Waals surface area contributed by atoms with E-state index in [4.69, 9.17) is 24.7 Å². The molecular formula is C33H33F3N4O4. The highest BCUT2D eigenvalue weighted by atomic mass is 19.3. The van der Waals surface area contributed by atoms with Gasteiger partial charge in [-0.25, -0.2) is 14.4 Å². The van der Waals surface area contributed by atoms with E-state index in [0.717, 1.165) is 11.6 Å². The number of ether oxygens (including phenoxy) is 4. The Labute approximate surface area is 253 Å². The number of benzene rings is 3. The second-order valence-electron chi connectivity index (χ2n) is 10.3. The number of methoxy groups -OCH3 is 3. The number of nitrogen functional groups attached to an aromatic ring is 1. The van der Waals surface area contributed by atoms with Crippen molar-refractivity contribution in [3.05, 3.63) is 119 Å². The van der Waals surface area contributed by atoms with Gasteiger partial charge in [0.25, 0.3) is 6.02 Å². The molecule has 0 saturated heterocycles. The van der Waals surface area contributed by atoms with Crippen molar-refractivity contribution in [2.45, 2.75) is 23.4 Å². The first kappa shape index (κ1) is 30.7. The fourth-order valence-electron chi connectivity index (χ4n) is 5.46. The van der Waals surface area contributed by atoms with E-state index >= 15 is 13.2 Å². The van der Waals surface area contributed by atoms with Crippen LogP contribution >= 0.6 is 0 Å². The molecule has 5 rings (SSSR count). The molecule has 0 aliphatic carbocycles. The van der Waals surface area contributed by atoms with Crippen molar-refractivity contribution in [1.29, 1.82) is 0 Å². The number of nitrogens with zero attached hydrogens (tertiary/aromatic N) is 2. The van der Waals surface area contributed by atoms with E-state index in [-0.39, 0.29) is 18.4 Å². The zero-order valence-corrected chi connectivity index (χ0v) is 24.5. The van der Waals surface area contributed by atoms with Crippen molar-refractivity contribution in [3.63, 3.8) is 0 Å². The summed E-state index contributed by atoms with van der Waals surface area (Å²) in [6.45, 7) is -1.27. The van der Waals surface area contributed by atoms with Crippen LogP contribution < -0.4 is 20.5 Å².